The van der Waals surface area contributed by atoms with Gasteiger partial charge in [0.05, 0.1) is 11.4 Å². The Bertz CT molecular complexity index is 567. The smallest absolute Gasteiger partial charge is 0.0935 e. The molecule has 0 saturated carbocycles. The number of rotatable bonds is 2. The first-order chi connectivity index (χ1) is 7.93. The highest BCUT2D eigenvalue weighted by molar-refractivity contribution is 7.08. The van der Waals surface area contributed by atoms with Crippen LogP contribution in [0.3, 0.4) is 0 Å². The van der Waals surface area contributed by atoms with Crippen LogP contribution in [0.2, 0.25) is 0 Å². The average Bonchev–Trinajstić information content (AvgIpc) is 3.01. The molecule has 16 heavy (non-hydrogen) atoms. The fourth-order valence-electron chi connectivity index (χ4n) is 1.65. The van der Waals surface area contributed by atoms with Crippen molar-refractivity contribution in [2.45, 2.75) is 0 Å². The third kappa shape index (κ3) is 1.66. The summed E-state index contributed by atoms with van der Waals surface area (Å²) in [4.78, 5) is 0. The molecular formula is C13H10N2S. The van der Waals surface area contributed by atoms with Crippen molar-refractivity contribution < 1.29 is 0 Å². The SMILES string of the molecule is c1ccc(-c2cc(-c3ccsc3)n[nH]2)cc1. The molecule has 0 unspecified atom stereocenters. The molecule has 0 saturated heterocycles. The van der Waals surface area contributed by atoms with Crippen LogP contribution >= 0.6 is 11.3 Å². The zero-order valence-electron chi connectivity index (χ0n) is 8.55. The Morgan fingerprint density at radius 1 is 1.00 bits per heavy atom. The minimum Gasteiger partial charge on any atom is -0.277 e. The fourth-order valence-corrected chi connectivity index (χ4v) is 2.30. The molecule has 0 amide bonds. The molecule has 2 aromatic heterocycles. The molecule has 0 fully saturated rings. The lowest BCUT2D eigenvalue weighted by molar-refractivity contribution is 1.10. The molecule has 3 aromatic rings. The number of hydrogen-bond donors (Lipinski definition) is 1. The van der Waals surface area contributed by atoms with E-state index in [2.05, 4.69) is 45.2 Å². The van der Waals surface area contributed by atoms with E-state index in [1.807, 2.05) is 18.2 Å². The van der Waals surface area contributed by atoms with Crippen LogP contribution in [0.5, 0.6) is 0 Å². The van der Waals surface area contributed by atoms with E-state index >= 15 is 0 Å². The second kappa shape index (κ2) is 3.94. The van der Waals surface area contributed by atoms with Crippen LogP contribution in [0, 0.1) is 0 Å². The second-order valence-electron chi connectivity index (χ2n) is 3.54. The number of nitrogens with one attached hydrogen (secondary N) is 1. The van der Waals surface area contributed by atoms with Crippen molar-refractivity contribution in [3.63, 3.8) is 0 Å². The molecule has 0 bridgehead atoms. The van der Waals surface area contributed by atoms with Crippen LogP contribution in [-0.2, 0) is 0 Å². The summed E-state index contributed by atoms with van der Waals surface area (Å²) in [7, 11) is 0. The quantitative estimate of drug-likeness (QED) is 0.707. The molecule has 0 atom stereocenters. The summed E-state index contributed by atoms with van der Waals surface area (Å²) in [6, 6.07) is 14.4. The normalized spacial score (nSPS) is 10.5. The molecule has 0 spiro atoms. The predicted molar refractivity (Wildman–Crippen MR) is 67.3 cm³/mol. The van der Waals surface area contributed by atoms with Gasteiger partial charge in [0.2, 0.25) is 0 Å². The van der Waals surface area contributed by atoms with Gasteiger partial charge < -0.3 is 0 Å². The number of aromatic nitrogens is 2. The Hall–Kier alpha value is -1.87. The monoisotopic (exact) mass is 226 g/mol. The van der Waals surface area contributed by atoms with E-state index in [1.54, 1.807) is 11.3 Å². The summed E-state index contributed by atoms with van der Waals surface area (Å²) in [5.74, 6) is 0. The highest BCUT2D eigenvalue weighted by atomic mass is 32.1. The van der Waals surface area contributed by atoms with E-state index < -0.39 is 0 Å². The van der Waals surface area contributed by atoms with Gasteiger partial charge in [-0.1, -0.05) is 30.3 Å². The number of aromatic amines is 1. The van der Waals surface area contributed by atoms with Crippen molar-refractivity contribution in [1.29, 1.82) is 0 Å². The molecule has 2 nitrogen and oxygen atoms in total. The average molecular weight is 226 g/mol. The highest BCUT2D eigenvalue weighted by Gasteiger charge is 2.05. The van der Waals surface area contributed by atoms with Gasteiger partial charge in [-0.15, -0.1) is 0 Å². The van der Waals surface area contributed by atoms with Crippen LogP contribution in [0.25, 0.3) is 22.5 Å². The lowest BCUT2D eigenvalue weighted by Gasteiger charge is -1.93. The second-order valence-corrected chi connectivity index (χ2v) is 4.32. The van der Waals surface area contributed by atoms with Gasteiger partial charge in [-0.3, -0.25) is 5.10 Å². The molecule has 3 heteroatoms. The molecular weight excluding hydrogens is 216 g/mol. The summed E-state index contributed by atoms with van der Waals surface area (Å²) in [5.41, 5.74) is 4.39. The van der Waals surface area contributed by atoms with Crippen molar-refractivity contribution in [2.75, 3.05) is 0 Å². The minimum atomic E-state index is 1.00. The number of H-pyrrole nitrogens is 1. The first kappa shape index (κ1) is 9.36. The Balaban J connectivity index is 2.00. The molecule has 3 rings (SSSR count). The van der Waals surface area contributed by atoms with Gasteiger partial charge in [-0.25, -0.2) is 0 Å². The van der Waals surface area contributed by atoms with Gasteiger partial charge in [0, 0.05) is 10.9 Å². The molecule has 2 heterocycles. The van der Waals surface area contributed by atoms with Gasteiger partial charge in [0.25, 0.3) is 0 Å². The molecule has 1 N–H and O–H groups in total. The van der Waals surface area contributed by atoms with Gasteiger partial charge in [-0.2, -0.15) is 16.4 Å². The van der Waals surface area contributed by atoms with Crippen molar-refractivity contribution in [2.24, 2.45) is 0 Å². The Morgan fingerprint density at radius 3 is 2.62 bits per heavy atom. The maximum absolute atomic E-state index is 4.32. The van der Waals surface area contributed by atoms with Crippen LogP contribution < -0.4 is 0 Å². The maximum Gasteiger partial charge on any atom is 0.0935 e. The van der Waals surface area contributed by atoms with Crippen molar-refractivity contribution in [1.82, 2.24) is 10.2 Å². The Kier molecular flexibility index (Phi) is 2.31. The summed E-state index contributed by atoms with van der Waals surface area (Å²) < 4.78 is 0. The highest BCUT2D eigenvalue weighted by Crippen LogP contribution is 2.24. The molecule has 0 aliphatic rings. The third-order valence-corrected chi connectivity index (χ3v) is 3.16. The van der Waals surface area contributed by atoms with E-state index in [-0.39, 0.29) is 0 Å². The molecule has 0 aliphatic heterocycles. The van der Waals surface area contributed by atoms with E-state index in [4.69, 9.17) is 0 Å². The molecule has 0 aliphatic carbocycles. The van der Waals surface area contributed by atoms with E-state index in [9.17, 15) is 0 Å². The topological polar surface area (TPSA) is 28.7 Å². The molecule has 78 valence electrons. The zero-order valence-corrected chi connectivity index (χ0v) is 9.37. The van der Waals surface area contributed by atoms with Crippen LogP contribution in [0.15, 0.2) is 53.2 Å². The van der Waals surface area contributed by atoms with E-state index in [0.717, 1.165) is 17.0 Å². The Morgan fingerprint density at radius 2 is 1.88 bits per heavy atom. The lowest BCUT2D eigenvalue weighted by Crippen LogP contribution is -1.75. The number of benzene rings is 1. The Labute approximate surface area is 97.6 Å². The van der Waals surface area contributed by atoms with Crippen LogP contribution in [0.1, 0.15) is 0 Å². The van der Waals surface area contributed by atoms with Crippen molar-refractivity contribution in [3.8, 4) is 22.5 Å². The predicted octanol–water partition coefficient (Wildman–Crippen LogP) is 3.81. The zero-order chi connectivity index (χ0) is 10.8. The number of hydrogen-bond acceptors (Lipinski definition) is 2. The van der Waals surface area contributed by atoms with Gasteiger partial charge in [-0.05, 0) is 23.1 Å². The lowest BCUT2D eigenvalue weighted by atomic mass is 10.1. The first-order valence-corrected chi connectivity index (χ1v) is 6.01. The standard InChI is InChI=1S/C13H10N2S/c1-2-4-10(5-3-1)12-8-13(15-14-12)11-6-7-16-9-11/h1-9H,(H,14,15). The van der Waals surface area contributed by atoms with Crippen molar-refractivity contribution >= 4 is 11.3 Å². The largest absolute Gasteiger partial charge is 0.277 e. The summed E-state index contributed by atoms with van der Waals surface area (Å²) >= 11 is 1.69. The first-order valence-electron chi connectivity index (χ1n) is 5.07. The van der Waals surface area contributed by atoms with Crippen molar-refractivity contribution in [3.05, 3.63) is 53.2 Å². The summed E-state index contributed by atoms with van der Waals surface area (Å²) in [5, 5.41) is 11.5. The van der Waals surface area contributed by atoms with E-state index in [0.29, 0.717) is 0 Å². The molecule has 1 aromatic carbocycles. The third-order valence-electron chi connectivity index (χ3n) is 2.48. The van der Waals surface area contributed by atoms with E-state index in [1.165, 1.54) is 5.56 Å². The summed E-state index contributed by atoms with van der Waals surface area (Å²) in [6.45, 7) is 0. The number of nitrogens with zero attached hydrogens (tertiary/aromatic N) is 1. The van der Waals surface area contributed by atoms with Gasteiger partial charge >= 0.3 is 0 Å². The van der Waals surface area contributed by atoms with Crippen LogP contribution in [0.4, 0.5) is 0 Å². The molecule has 0 radical (unpaired) electrons. The minimum absolute atomic E-state index is 1.00. The maximum atomic E-state index is 4.32. The fraction of sp³-hybridized carbons (Fsp3) is 0. The van der Waals surface area contributed by atoms with Gasteiger partial charge in [0.1, 0.15) is 0 Å². The van der Waals surface area contributed by atoms with Gasteiger partial charge in [0.15, 0.2) is 0 Å². The summed E-state index contributed by atoms with van der Waals surface area (Å²) in [6.07, 6.45) is 0. The number of thiophene rings is 1. The van der Waals surface area contributed by atoms with Crippen LogP contribution in [-0.4, -0.2) is 10.2 Å².